The van der Waals surface area contributed by atoms with Crippen LogP contribution in [0, 0.1) is 13.8 Å². The first-order valence-corrected chi connectivity index (χ1v) is 8.30. The van der Waals surface area contributed by atoms with Crippen LogP contribution >= 0.6 is 0 Å². The Morgan fingerprint density at radius 1 is 0.739 bits per heavy atom. The van der Waals surface area contributed by atoms with Gasteiger partial charge in [0.15, 0.2) is 0 Å². The molecule has 1 heteroatoms. The smallest absolute Gasteiger partial charge is 0.0570 e. The zero-order valence-corrected chi connectivity index (χ0v) is 13.9. The average molecular weight is 299 g/mol. The van der Waals surface area contributed by atoms with Crippen molar-refractivity contribution < 1.29 is 0 Å². The van der Waals surface area contributed by atoms with Crippen molar-refractivity contribution in [3.8, 4) is 5.69 Å². The van der Waals surface area contributed by atoms with Crippen LogP contribution in [0.4, 0.5) is 0 Å². The third-order valence-corrected chi connectivity index (χ3v) is 4.88. The lowest BCUT2D eigenvalue weighted by atomic mass is 10.0. The van der Waals surface area contributed by atoms with E-state index in [4.69, 9.17) is 0 Å². The van der Waals surface area contributed by atoms with E-state index in [1.165, 1.54) is 44.2 Å². The minimum atomic E-state index is 1.04. The zero-order chi connectivity index (χ0) is 16.0. The van der Waals surface area contributed by atoms with Gasteiger partial charge in [0.1, 0.15) is 0 Å². The van der Waals surface area contributed by atoms with E-state index in [2.05, 4.69) is 86.0 Å². The fourth-order valence-corrected chi connectivity index (χ4v) is 3.80. The van der Waals surface area contributed by atoms with Gasteiger partial charge in [-0.15, -0.1) is 0 Å². The van der Waals surface area contributed by atoms with Gasteiger partial charge in [0.25, 0.3) is 0 Å². The molecule has 0 aliphatic carbocycles. The number of hydrogen-bond acceptors (Lipinski definition) is 0. The molecule has 0 aliphatic heterocycles. The topological polar surface area (TPSA) is 4.93 Å². The van der Waals surface area contributed by atoms with E-state index in [9.17, 15) is 0 Å². The van der Waals surface area contributed by atoms with Gasteiger partial charge in [-0.3, -0.25) is 0 Å². The molecular weight excluding hydrogens is 278 g/mol. The highest BCUT2D eigenvalue weighted by Gasteiger charge is 2.15. The Hall–Kier alpha value is -2.54. The lowest BCUT2D eigenvalue weighted by molar-refractivity contribution is 1.04. The maximum absolute atomic E-state index is 2.45. The zero-order valence-electron chi connectivity index (χ0n) is 13.9. The van der Waals surface area contributed by atoms with Gasteiger partial charge >= 0.3 is 0 Å². The summed E-state index contributed by atoms with van der Waals surface area (Å²) in [5, 5.41) is 2.67. The molecule has 0 unspecified atom stereocenters. The minimum absolute atomic E-state index is 1.04. The maximum Gasteiger partial charge on any atom is 0.0570 e. The Morgan fingerprint density at radius 2 is 1.43 bits per heavy atom. The second-order valence-corrected chi connectivity index (χ2v) is 6.25. The molecular formula is C22H21N. The monoisotopic (exact) mass is 299 g/mol. The van der Waals surface area contributed by atoms with E-state index in [0.717, 1.165) is 6.42 Å². The van der Waals surface area contributed by atoms with Gasteiger partial charge in [-0.2, -0.15) is 0 Å². The molecule has 0 atom stereocenters. The number of hydrogen-bond donors (Lipinski definition) is 0. The molecule has 0 spiro atoms. The summed E-state index contributed by atoms with van der Waals surface area (Å²) in [5.74, 6) is 0. The molecule has 3 aromatic carbocycles. The van der Waals surface area contributed by atoms with E-state index in [0.29, 0.717) is 0 Å². The van der Waals surface area contributed by atoms with Crippen LogP contribution in [0.2, 0.25) is 0 Å². The van der Waals surface area contributed by atoms with E-state index in [-0.39, 0.29) is 0 Å². The standard InChI is InChI=1S/C22H21N/c1-4-17-15(2)9-8-14-20(17)23-21-13-6-5-11-18(21)19-12-7-10-16(3)22(19)23/h5-14H,4H2,1-3H3. The molecule has 4 rings (SSSR count). The van der Waals surface area contributed by atoms with Crippen LogP contribution in [0.15, 0.2) is 60.7 Å². The lowest BCUT2D eigenvalue weighted by Crippen LogP contribution is -2.01. The van der Waals surface area contributed by atoms with Gasteiger partial charge < -0.3 is 4.57 Å². The molecule has 114 valence electrons. The molecule has 4 aromatic rings. The van der Waals surface area contributed by atoms with Crippen molar-refractivity contribution in [2.45, 2.75) is 27.2 Å². The van der Waals surface area contributed by atoms with Crippen LogP contribution in [0.5, 0.6) is 0 Å². The molecule has 1 heterocycles. The third-order valence-electron chi connectivity index (χ3n) is 4.88. The summed E-state index contributed by atoms with van der Waals surface area (Å²) in [5.41, 5.74) is 8.05. The average Bonchev–Trinajstić information content (AvgIpc) is 2.90. The van der Waals surface area contributed by atoms with Crippen LogP contribution in [-0.2, 0) is 6.42 Å². The van der Waals surface area contributed by atoms with Crippen molar-refractivity contribution in [1.29, 1.82) is 0 Å². The van der Waals surface area contributed by atoms with Gasteiger partial charge in [0.05, 0.1) is 11.0 Å². The molecule has 0 aliphatic rings. The normalized spacial score (nSPS) is 11.4. The molecule has 0 saturated carbocycles. The third kappa shape index (κ3) is 2.00. The van der Waals surface area contributed by atoms with Crippen molar-refractivity contribution in [2.24, 2.45) is 0 Å². The maximum atomic E-state index is 2.45. The summed E-state index contributed by atoms with van der Waals surface area (Å²) in [7, 11) is 0. The number of nitrogens with zero attached hydrogens (tertiary/aromatic N) is 1. The molecule has 0 fully saturated rings. The van der Waals surface area contributed by atoms with Crippen molar-refractivity contribution in [1.82, 2.24) is 4.57 Å². The molecule has 1 aromatic heterocycles. The number of aromatic nitrogens is 1. The van der Waals surface area contributed by atoms with Crippen LogP contribution < -0.4 is 0 Å². The van der Waals surface area contributed by atoms with Crippen LogP contribution in [0.3, 0.4) is 0 Å². The SMILES string of the molecule is CCc1c(C)cccc1-n1c2ccccc2c2cccc(C)c21. The predicted octanol–water partition coefficient (Wildman–Crippen LogP) is 5.96. The second-order valence-electron chi connectivity index (χ2n) is 6.25. The van der Waals surface area contributed by atoms with E-state index in [1.54, 1.807) is 0 Å². The summed E-state index contributed by atoms with van der Waals surface area (Å²) < 4.78 is 2.45. The fourth-order valence-electron chi connectivity index (χ4n) is 3.80. The van der Waals surface area contributed by atoms with Crippen molar-refractivity contribution in [3.63, 3.8) is 0 Å². The van der Waals surface area contributed by atoms with Gasteiger partial charge in [-0.25, -0.2) is 0 Å². The second kappa shape index (κ2) is 5.27. The number of para-hydroxylation sites is 2. The van der Waals surface area contributed by atoms with Crippen LogP contribution in [-0.4, -0.2) is 4.57 Å². The highest BCUT2D eigenvalue weighted by Crippen LogP contribution is 2.35. The Bertz CT molecular complexity index is 1020. The molecule has 0 radical (unpaired) electrons. The summed E-state index contributed by atoms with van der Waals surface area (Å²) in [6.07, 6.45) is 1.04. The van der Waals surface area contributed by atoms with Crippen molar-refractivity contribution >= 4 is 21.8 Å². The molecule has 0 saturated heterocycles. The molecule has 0 amide bonds. The largest absolute Gasteiger partial charge is 0.309 e. The van der Waals surface area contributed by atoms with Crippen molar-refractivity contribution in [2.75, 3.05) is 0 Å². The van der Waals surface area contributed by atoms with Gasteiger partial charge in [-0.05, 0) is 49.1 Å². The van der Waals surface area contributed by atoms with Gasteiger partial charge in [-0.1, -0.05) is 55.5 Å². The molecule has 0 N–H and O–H groups in total. The van der Waals surface area contributed by atoms with E-state index >= 15 is 0 Å². The first-order valence-electron chi connectivity index (χ1n) is 8.30. The first kappa shape index (κ1) is 14.1. The van der Waals surface area contributed by atoms with E-state index in [1.807, 2.05) is 0 Å². The number of rotatable bonds is 2. The van der Waals surface area contributed by atoms with Gasteiger partial charge in [0.2, 0.25) is 0 Å². The summed E-state index contributed by atoms with van der Waals surface area (Å²) >= 11 is 0. The molecule has 23 heavy (non-hydrogen) atoms. The Kier molecular flexibility index (Phi) is 3.23. The highest BCUT2D eigenvalue weighted by atomic mass is 15.0. The highest BCUT2D eigenvalue weighted by molar-refractivity contribution is 6.10. The van der Waals surface area contributed by atoms with Crippen LogP contribution in [0.1, 0.15) is 23.6 Å². The van der Waals surface area contributed by atoms with Gasteiger partial charge in [0, 0.05) is 16.5 Å². The lowest BCUT2D eigenvalue weighted by Gasteiger charge is -2.15. The first-order chi connectivity index (χ1) is 11.2. The van der Waals surface area contributed by atoms with E-state index < -0.39 is 0 Å². The number of aryl methyl sites for hydroxylation is 2. The summed E-state index contributed by atoms with van der Waals surface area (Å²) in [6.45, 7) is 6.66. The van der Waals surface area contributed by atoms with Crippen molar-refractivity contribution in [3.05, 3.63) is 77.4 Å². The molecule has 1 nitrogen and oxygen atoms in total. The number of fused-ring (bicyclic) bond motifs is 3. The molecule has 0 bridgehead atoms. The Balaban J connectivity index is 2.25. The Labute approximate surface area is 137 Å². The Morgan fingerprint density at radius 3 is 2.26 bits per heavy atom. The fraction of sp³-hybridized carbons (Fsp3) is 0.182. The predicted molar refractivity (Wildman–Crippen MR) is 99.6 cm³/mol. The summed E-state index contributed by atoms with van der Waals surface area (Å²) in [6, 6.07) is 22.0. The quantitative estimate of drug-likeness (QED) is 0.430. The minimum Gasteiger partial charge on any atom is -0.309 e. The van der Waals surface area contributed by atoms with Crippen LogP contribution in [0.25, 0.3) is 27.5 Å². The summed E-state index contributed by atoms with van der Waals surface area (Å²) in [4.78, 5) is 0. The number of benzene rings is 3.